The first kappa shape index (κ1) is 15.1. The molecule has 2 aromatic heterocycles. The monoisotopic (exact) mass is 319 g/mol. The van der Waals surface area contributed by atoms with E-state index in [1.54, 1.807) is 4.68 Å². The summed E-state index contributed by atoms with van der Waals surface area (Å²) in [4.78, 5) is 12.4. The molecule has 2 heterocycles. The minimum atomic E-state index is -0.158. The molecule has 0 saturated heterocycles. The lowest BCUT2D eigenvalue weighted by atomic mass is 9.90. The average molecular weight is 319 g/mol. The summed E-state index contributed by atoms with van der Waals surface area (Å²) < 4.78 is 1.72. The molecular formula is C15H21N5OS. The SMILES string of the molecule is Cc1nn(C)c(C)c1C(=O)Nc1nnc(C2CCCCC2)s1. The highest BCUT2D eigenvalue weighted by Gasteiger charge is 2.22. The summed E-state index contributed by atoms with van der Waals surface area (Å²) in [5.74, 6) is 0.355. The molecule has 0 unspecified atom stereocenters. The molecule has 0 atom stereocenters. The van der Waals surface area contributed by atoms with Gasteiger partial charge in [-0.15, -0.1) is 10.2 Å². The van der Waals surface area contributed by atoms with E-state index in [0.29, 0.717) is 16.6 Å². The van der Waals surface area contributed by atoms with E-state index in [1.165, 1.54) is 43.4 Å². The highest BCUT2D eigenvalue weighted by Crippen LogP contribution is 2.35. The average Bonchev–Trinajstić information content (AvgIpc) is 3.05. The van der Waals surface area contributed by atoms with Crippen LogP contribution in [0.4, 0.5) is 5.13 Å². The fourth-order valence-corrected chi connectivity index (χ4v) is 3.97. The zero-order valence-corrected chi connectivity index (χ0v) is 14.0. The number of hydrogen-bond donors (Lipinski definition) is 1. The third kappa shape index (κ3) is 2.90. The summed E-state index contributed by atoms with van der Waals surface area (Å²) in [6.45, 7) is 3.73. The van der Waals surface area contributed by atoms with Gasteiger partial charge in [0.15, 0.2) is 0 Å². The zero-order chi connectivity index (χ0) is 15.7. The van der Waals surface area contributed by atoms with Crippen LogP contribution in [0.25, 0.3) is 0 Å². The van der Waals surface area contributed by atoms with Gasteiger partial charge in [-0.05, 0) is 26.7 Å². The van der Waals surface area contributed by atoms with E-state index in [1.807, 2.05) is 20.9 Å². The van der Waals surface area contributed by atoms with Crippen molar-refractivity contribution in [3.8, 4) is 0 Å². The van der Waals surface area contributed by atoms with Crippen LogP contribution in [0.2, 0.25) is 0 Å². The molecule has 1 aliphatic rings. The van der Waals surface area contributed by atoms with Gasteiger partial charge in [0.05, 0.1) is 11.3 Å². The minimum Gasteiger partial charge on any atom is -0.296 e. The van der Waals surface area contributed by atoms with Gasteiger partial charge in [0.2, 0.25) is 5.13 Å². The van der Waals surface area contributed by atoms with Crippen LogP contribution in [0.3, 0.4) is 0 Å². The first-order valence-electron chi connectivity index (χ1n) is 7.71. The molecule has 1 N–H and O–H groups in total. The zero-order valence-electron chi connectivity index (χ0n) is 13.2. The molecule has 7 heteroatoms. The first-order valence-corrected chi connectivity index (χ1v) is 8.53. The Bertz CT molecular complexity index is 684. The number of aromatic nitrogens is 4. The van der Waals surface area contributed by atoms with Crippen LogP contribution in [0.1, 0.15) is 64.8 Å². The smallest absolute Gasteiger partial charge is 0.261 e. The molecule has 22 heavy (non-hydrogen) atoms. The molecule has 1 amide bonds. The summed E-state index contributed by atoms with van der Waals surface area (Å²) in [6, 6.07) is 0. The second-order valence-electron chi connectivity index (χ2n) is 5.90. The second-order valence-corrected chi connectivity index (χ2v) is 6.91. The highest BCUT2D eigenvalue weighted by molar-refractivity contribution is 7.15. The third-order valence-corrected chi connectivity index (χ3v) is 5.35. The van der Waals surface area contributed by atoms with Crippen molar-refractivity contribution in [2.45, 2.75) is 51.9 Å². The van der Waals surface area contributed by atoms with E-state index in [2.05, 4.69) is 20.6 Å². The van der Waals surface area contributed by atoms with Crippen LogP contribution in [0, 0.1) is 13.8 Å². The van der Waals surface area contributed by atoms with Gasteiger partial charge < -0.3 is 0 Å². The van der Waals surface area contributed by atoms with Gasteiger partial charge in [-0.3, -0.25) is 14.8 Å². The maximum atomic E-state index is 12.4. The fourth-order valence-electron chi connectivity index (χ4n) is 3.06. The van der Waals surface area contributed by atoms with Gasteiger partial charge in [-0.25, -0.2) is 0 Å². The van der Waals surface area contributed by atoms with Crippen LogP contribution < -0.4 is 5.32 Å². The van der Waals surface area contributed by atoms with Crippen LogP contribution in [0.15, 0.2) is 0 Å². The molecule has 1 saturated carbocycles. The Balaban J connectivity index is 1.73. The molecule has 0 radical (unpaired) electrons. The Morgan fingerprint density at radius 2 is 1.95 bits per heavy atom. The number of carbonyl (C=O) groups excluding carboxylic acids is 1. The van der Waals surface area contributed by atoms with Gasteiger partial charge in [0.25, 0.3) is 5.91 Å². The lowest BCUT2D eigenvalue weighted by Crippen LogP contribution is -2.13. The quantitative estimate of drug-likeness (QED) is 0.943. The van der Waals surface area contributed by atoms with Crippen molar-refractivity contribution in [1.29, 1.82) is 0 Å². The van der Waals surface area contributed by atoms with E-state index < -0.39 is 0 Å². The van der Waals surface area contributed by atoms with Gasteiger partial charge in [0.1, 0.15) is 5.01 Å². The Kier molecular flexibility index (Phi) is 4.24. The number of aryl methyl sites for hydroxylation is 2. The van der Waals surface area contributed by atoms with E-state index >= 15 is 0 Å². The van der Waals surface area contributed by atoms with Crippen LogP contribution in [0.5, 0.6) is 0 Å². The molecule has 0 spiro atoms. The predicted octanol–water partition coefficient (Wildman–Crippen LogP) is 3.19. The van der Waals surface area contributed by atoms with Crippen molar-refractivity contribution >= 4 is 22.4 Å². The lowest BCUT2D eigenvalue weighted by Gasteiger charge is -2.18. The first-order chi connectivity index (χ1) is 10.6. The number of anilines is 1. The van der Waals surface area contributed by atoms with Crippen LogP contribution in [-0.2, 0) is 7.05 Å². The standard InChI is InChI=1S/C15H21N5OS/c1-9-12(10(2)20(3)19-9)13(21)16-15-18-17-14(22-15)11-7-5-4-6-8-11/h11H,4-8H2,1-3H3,(H,16,18,21). The molecule has 0 aliphatic heterocycles. The molecule has 0 bridgehead atoms. The van der Waals surface area contributed by atoms with Crippen LogP contribution in [-0.4, -0.2) is 25.9 Å². The van der Waals surface area contributed by atoms with Gasteiger partial charge in [-0.2, -0.15) is 5.10 Å². The molecule has 2 aromatic rings. The summed E-state index contributed by atoms with van der Waals surface area (Å²) in [5.41, 5.74) is 2.21. The third-order valence-electron chi connectivity index (χ3n) is 4.35. The van der Waals surface area contributed by atoms with Gasteiger partial charge in [0, 0.05) is 18.7 Å². The molecule has 118 valence electrons. The Morgan fingerprint density at radius 3 is 2.59 bits per heavy atom. The number of rotatable bonds is 3. The Labute approximate surface area is 133 Å². The second kappa shape index (κ2) is 6.16. The Morgan fingerprint density at radius 1 is 1.23 bits per heavy atom. The maximum Gasteiger partial charge on any atom is 0.261 e. The van der Waals surface area contributed by atoms with Gasteiger partial charge >= 0.3 is 0 Å². The van der Waals surface area contributed by atoms with Crippen molar-refractivity contribution < 1.29 is 4.79 Å². The van der Waals surface area contributed by atoms with Crippen molar-refractivity contribution in [2.24, 2.45) is 7.05 Å². The molecule has 1 aliphatic carbocycles. The highest BCUT2D eigenvalue weighted by atomic mass is 32.1. The van der Waals surface area contributed by atoms with E-state index in [-0.39, 0.29) is 5.91 Å². The topological polar surface area (TPSA) is 72.7 Å². The largest absolute Gasteiger partial charge is 0.296 e. The molecule has 3 rings (SSSR count). The summed E-state index contributed by atoms with van der Waals surface area (Å²) in [6.07, 6.45) is 6.21. The predicted molar refractivity (Wildman–Crippen MR) is 86.4 cm³/mol. The molecule has 0 aromatic carbocycles. The van der Waals surface area contributed by atoms with Crippen molar-refractivity contribution in [3.63, 3.8) is 0 Å². The van der Waals surface area contributed by atoms with Gasteiger partial charge in [-0.1, -0.05) is 30.6 Å². The summed E-state index contributed by atoms with van der Waals surface area (Å²) >= 11 is 1.50. The molecular weight excluding hydrogens is 298 g/mol. The number of amides is 1. The normalized spacial score (nSPS) is 16.0. The molecule has 6 nitrogen and oxygen atoms in total. The van der Waals surface area contributed by atoms with Crippen LogP contribution >= 0.6 is 11.3 Å². The van der Waals surface area contributed by atoms with E-state index in [9.17, 15) is 4.79 Å². The number of carbonyl (C=O) groups is 1. The van der Waals surface area contributed by atoms with E-state index in [4.69, 9.17) is 0 Å². The number of hydrogen-bond acceptors (Lipinski definition) is 5. The number of nitrogens with one attached hydrogen (secondary N) is 1. The molecule has 1 fully saturated rings. The fraction of sp³-hybridized carbons (Fsp3) is 0.600. The number of nitrogens with zero attached hydrogens (tertiary/aromatic N) is 4. The van der Waals surface area contributed by atoms with Crippen molar-refractivity contribution in [1.82, 2.24) is 20.0 Å². The van der Waals surface area contributed by atoms with Crippen molar-refractivity contribution in [3.05, 3.63) is 22.0 Å². The lowest BCUT2D eigenvalue weighted by molar-refractivity contribution is 0.102. The maximum absolute atomic E-state index is 12.4. The van der Waals surface area contributed by atoms with Crippen molar-refractivity contribution in [2.75, 3.05) is 5.32 Å². The summed E-state index contributed by atoms with van der Waals surface area (Å²) in [5, 5.41) is 17.2. The minimum absolute atomic E-state index is 0.158. The Hall–Kier alpha value is -1.76. The van der Waals surface area contributed by atoms with E-state index in [0.717, 1.165) is 16.4 Å². The summed E-state index contributed by atoms with van der Waals surface area (Å²) in [7, 11) is 1.84.